The number of rotatable bonds is 3. The van der Waals surface area contributed by atoms with Crippen LogP contribution in [0.25, 0.3) is 10.9 Å². The fraction of sp³-hybridized carbons (Fsp3) is 0.200. The summed E-state index contributed by atoms with van der Waals surface area (Å²) in [5.41, 5.74) is 8.60. The van der Waals surface area contributed by atoms with Crippen LogP contribution in [-0.4, -0.2) is 17.0 Å². The van der Waals surface area contributed by atoms with Gasteiger partial charge in [0.15, 0.2) is 0 Å². The summed E-state index contributed by atoms with van der Waals surface area (Å²) in [7, 11) is 2.00. The lowest BCUT2D eigenvalue weighted by molar-refractivity contribution is 0.529. The lowest BCUT2D eigenvalue weighted by atomic mass is 10.2. The SMILES string of the molecule is Cc1occc1CN(C)c1ncnc2ccc(N)cc12. The van der Waals surface area contributed by atoms with Crippen LogP contribution in [0.15, 0.2) is 41.3 Å². The van der Waals surface area contributed by atoms with Crippen molar-refractivity contribution in [2.75, 3.05) is 17.7 Å². The highest BCUT2D eigenvalue weighted by atomic mass is 16.3. The Hall–Kier alpha value is -2.56. The van der Waals surface area contributed by atoms with E-state index in [4.69, 9.17) is 10.2 Å². The van der Waals surface area contributed by atoms with Crippen LogP contribution >= 0.6 is 0 Å². The lowest BCUT2D eigenvalue weighted by Gasteiger charge is -2.19. The third-order valence-electron chi connectivity index (χ3n) is 3.37. The van der Waals surface area contributed by atoms with Crippen LogP contribution in [0.3, 0.4) is 0 Å². The molecule has 0 radical (unpaired) electrons. The Balaban J connectivity index is 2.01. The second kappa shape index (κ2) is 4.85. The van der Waals surface area contributed by atoms with Gasteiger partial charge in [-0.2, -0.15) is 0 Å². The minimum atomic E-state index is 0.710. The molecule has 0 bridgehead atoms. The first kappa shape index (κ1) is 12.5. The molecular formula is C15H16N4O. The Kier molecular flexibility index (Phi) is 3.02. The van der Waals surface area contributed by atoms with Crippen molar-refractivity contribution in [3.8, 4) is 0 Å². The molecule has 0 atom stereocenters. The van der Waals surface area contributed by atoms with E-state index in [0.717, 1.165) is 34.6 Å². The first-order chi connectivity index (χ1) is 9.65. The lowest BCUT2D eigenvalue weighted by Crippen LogP contribution is -2.18. The molecule has 2 heterocycles. The molecule has 0 fully saturated rings. The summed E-state index contributed by atoms with van der Waals surface area (Å²) in [6, 6.07) is 7.64. The van der Waals surface area contributed by atoms with Gasteiger partial charge < -0.3 is 15.1 Å². The van der Waals surface area contributed by atoms with Gasteiger partial charge in [-0.3, -0.25) is 0 Å². The highest BCUT2D eigenvalue weighted by Crippen LogP contribution is 2.25. The zero-order valence-electron chi connectivity index (χ0n) is 11.5. The third-order valence-corrected chi connectivity index (χ3v) is 3.37. The number of hydrogen-bond donors (Lipinski definition) is 1. The van der Waals surface area contributed by atoms with Crippen molar-refractivity contribution in [3.05, 3.63) is 48.2 Å². The standard InChI is InChI=1S/C15H16N4O/c1-10-11(5-6-20-10)8-19(2)15-13-7-12(16)3-4-14(13)17-9-18-15/h3-7,9H,8,16H2,1-2H3. The van der Waals surface area contributed by atoms with Gasteiger partial charge in [-0.1, -0.05) is 0 Å². The van der Waals surface area contributed by atoms with Crippen LogP contribution in [-0.2, 0) is 6.54 Å². The van der Waals surface area contributed by atoms with E-state index < -0.39 is 0 Å². The first-order valence-corrected chi connectivity index (χ1v) is 6.39. The van der Waals surface area contributed by atoms with E-state index in [1.807, 2.05) is 38.2 Å². The average Bonchev–Trinajstić information content (AvgIpc) is 2.83. The van der Waals surface area contributed by atoms with Crippen molar-refractivity contribution in [1.82, 2.24) is 9.97 Å². The van der Waals surface area contributed by atoms with Gasteiger partial charge in [-0.05, 0) is 31.2 Å². The molecular weight excluding hydrogens is 252 g/mol. The summed E-state index contributed by atoms with van der Waals surface area (Å²) < 4.78 is 5.33. The van der Waals surface area contributed by atoms with Gasteiger partial charge in [0.25, 0.3) is 0 Å². The number of nitrogens with zero attached hydrogens (tertiary/aromatic N) is 3. The largest absolute Gasteiger partial charge is 0.469 e. The molecule has 102 valence electrons. The minimum Gasteiger partial charge on any atom is -0.469 e. The van der Waals surface area contributed by atoms with Crippen molar-refractivity contribution in [3.63, 3.8) is 0 Å². The number of furan rings is 1. The highest BCUT2D eigenvalue weighted by Gasteiger charge is 2.11. The van der Waals surface area contributed by atoms with Gasteiger partial charge in [-0.15, -0.1) is 0 Å². The molecule has 0 aliphatic rings. The zero-order valence-corrected chi connectivity index (χ0v) is 11.5. The molecule has 3 rings (SSSR count). The van der Waals surface area contributed by atoms with Crippen molar-refractivity contribution in [2.45, 2.75) is 13.5 Å². The van der Waals surface area contributed by atoms with Gasteiger partial charge in [0.2, 0.25) is 0 Å². The Morgan fingerprint density at radius 3 is 2.85 bits per heavy atom. The molecule has 3 aromatic rings. The number of fused-ring (bicyclic) bond motifs is 1. The number of aryl methyl sites for hydroxylation is 1. The molecule has 20 heavy (non-hydrogen) atoms. The zero-order chi connectivity index (χ0) is 14.1. The van der Waals surface area contributed by atoms with E-state index in [-0.39, 0.29) is 0 Å². The first-order valence-electron chi connectivity index (χ1n) is 6.39. The van der Waals surface area contributed by atoms with Crippen molar-refractivity contribution >= 4 is 22.4 Å². The molecule has 0 aliphatic heterocycles. The third kappa shape index (κ3) is 2.18. The molecule has 0 saturated heterocycles. The quantitative estimate of drug-likeness (QED) is 0.740. The smallest absolute Gasteiger partial charge is 0.139 e. The van der Waals surface area contributed by atoms with Gasteiger partial charge in [0, 0.05) is 30.2 Å². The molecule has 0 aliphatic carbocycles. The predicted octanol–water partition coefficient (Wildman–Crippen LogP) is 2.75. The molecule has 5 heteroatoms. The summed E-state index contributed by atoms with van der Waals surface area (Å²) >= 11 is 0. The molecule has 2 aromatic heterocycles. The maximum absolute atomic E-state index is 5.86. The maximum atomic E-state index is 5.86. The van der Waals surface area contributed by atoms with Crippen LogP contribution in [0.2, 0.25) is 0 Å². The Morgan fingerprint density at radius 1 is 1.25 bits per heavy atom. The summed E-state index contributed by atoms with van der Waals surface area (Å²) in [6.45, 7) is 2.68. The monoisotopic (exact) mass is 268 g/mol. The van der Waals surface area contributed by atoms with Crippen LogP contribution < -0.4 is 10.6 Å². The summed E-state index contributed by atoms with van der Waals surface area (Å²) in [4.78, 5) is 10.7. The fourth-order valence-corrected chi connectivity index (χ4v) is 2.27. The van der Waals surface area contributed by atoms with E-state index in [9.17, 15) is 0 Å². The number of benzene rings is 1. The molecule has 0 amide bonds. The minimum absolute atomic E-state index is 0.710. The number of anilines is 2. The predicted molar refractivity (Wildman–Crippen MR) is 79.5 cm³/mol. The van der Waals surface area contributed by atoms with Crippen LogP contribution in [0.4, 0.5) is 11.5 Å². The van der Waals surface area contributed by atoms with E-state index in [1.165, 1.54) is 0 Å². The van der Waals surface area contributed by atoms with E-state index in [2.05, 4.69) is 14.9 Å². The number of nitrogen functional groups attached to an aromatic ring is 1. The fourth-order valence-electron chi connectivity index (χ4n) is 2.27. The van der Waals surface area contributed by atoms with E-state index in [0.29, 0.717) is 5.69 Å². The maximum Gasteiger partial charge on any atom is 0.139 e. The number of nitrogens with two attached hydrogens (primary N) is 1. The van der Waals surface area contributed by atoms with Gasteiger partial charge >= 0.3 is 0 Å². The van der Waals surface area contributed by atoms with Crippen LogP contribution in [0, 0.1) is 6.92 Å². The second-order valence-corrected chi connectivity index (χ2v) is 4.83. The number of aromatic nitrogens is 2. The van der Waals surface area contributed by atoms with Crippen LogP contribution in [0.1, 0.15) is 11.3 Å². The summed E-state index contributed by atoms with van der Waals surface area (Å²) in [5, 5.41) is 0.955. The molecule has 0 unspecified atom stereocenters. The Morgan fingerprint density at radius 2 is 2.10 bits per heavy atom. The molecule has 2 N–H and O–H groups in total. The van der Waals surface area contributed by atoms with Gasteiger partial charge in [0.05, 0.1) is 11.8 Å². The van der Waals surface area contributed by atoms with Crippen molar-refractivity contribution < 1.29 is 4.42 Å². The molecule has 0 saturated carbocycles. The summed E-state index contributed by atoms with van der Waals surface area (Å²) in [6.07, 6.45) is 3.28. The van der Waals surface area contributed by atoms with Crippen molar-refractivity contribution in [2.24, 2.45) is 0 Å². The topological polar surface area (TPSA) is 68.2 Å². The average molecular weight is 268 g/mol. The van der Waals surface area contributed by atoms with Crippen LogP contribution in [0.5, 0.6) is 0 Å². The van der Waals surface area contributed by atoms with Gasteiger partial charge in [-0.25, -0.2) is 9.97 Å². The molecule has 0 spiro atoms. The Labute approximate surface area is 117 Å². The van der Waals surface area contributed by atoms with Crippen molar-refractivity contribution in [1.29, 1.82) is 0 Å². The molecule has 5 nitrogen and oxygen atoms in total. The van der Waals surface area contributed by atoms with Gasteiger partial charge in [0.1, 0.15) is 17.9 Å². The highest BCUT2D eigenvalue weighted by molar-refractivity contribution is 5.91. The van der Waals surface area contributed by atoms with E-state index in [1.54, 1.807) is 12.6 Å². The molecule has 1 aromatic carbocycles. The van der Waals surface area contributed by atoms with E-state index >= 15 is 0 Å². The second-order valence-electron chi connectivity index (χ2n) is 4.83. The normalized spacial score (nSPS) is 10.9. The number of hydrogen-bond acceptors (Lipinski definition) is 5. The Bertz CT molecular complexity index is 750. The summed E-state index contributed by atoms with van der Waals surface area (Å²) in [5.74, 6) is 1.79.